The van der Waals surface area contributed by atoms with Gasteiger partial charge in [-0.2, -0.15) is 0 Å². The number of aliphatic hydroxyl groups excluding tert-OH is 1. The molecule has 5 heteroatoms. The summed E-state index contributed by atoms with van der Waals surface area (Å²) in [5.74, 6) is -0.210. The number of ketones is 1. The Kier molecular flexibility index (Phi) is 5.00. The van der Waals surface area contributed by atoms with E-state index in [9.17, 15) is 9.59 Å². The van der Waals surface area contributed by atoms with Crippen molar-refractivity contribution in [3.05, 3.63) is 22.4 Å². The molecule has 0 spiro atoms. The molecule has 1 aromatic rings. The lowest BCUT2D eigenvalue weighted by Gasteiger charge is -2.01. The fourth-order valence-corrected chi connectivity index (χ4v) is 1.77. The quantitative estimate of drug-likeness (QED) is 0.707. The van der Waals surface area contributed by atoms with Gasteiger partial charge in [0.2, 0.25) is 5.91 Å². The molecule has 2 N–H and O–H groups in total. The van der Waals surface area contributed by atoms with Crippen LogP contribution < -0.4 is 5.32 Å². The summed E-state index contributed by atoms with van der Waals surface area (Å²) in [6.45, 7) is 0.163. The number of thiophene rings is 1. The monoisotopic (exact) mass is 227 g/mol. The van der Waals surface area contributed by atoms with Crippen LogP contribution in [0, 0.1) is 0 Å². The van der Waals surface area contributed by atoms with Crippen LogP contribution in [-0.2, 0) is 4.79 Å². The van der Waals surface area contributed by atoms with E-state index in [-0.39, 0.29) is 37.7 Å². The molecule has 0 saturated carbocycles. The molecule has 0 aliphatic heterocycles. The van der Waals surface area contributed by atoms with Crippen molar-refractivity contribution in [1.82, 2.24) is 5.32 Å². The lowest BCUT2D eigenvalue weighted by molar-refractivity contribution is -0.121. The molecule has 82 valence electrons. The van der Waals surface area contributed by atoms with Gasteiger partial charge in [0.25, 0.3) is 0 Å². The number of rotatable bonds is 6. The Morgan fingerprint density at radius 1 is 1.40 bits per heavy atom. The first kappa shape index (κ1) is 11.9. The molecule has 0 fully saturated rings. The summed E-state index contributed by atoms with van der Waals surface area (Å²) >= 11 is 1.38. The fourth-order valence-electron chi connectivity index (χ4n) is 1.07. The van der Waals surface area contributed by atoms with Crippen molar-refractivity contribution in [3.8, 4) is 0 Å². The van der Waals surface area contributed by atoms with Crippen molar-refractivity contribution < 1.29 is 14.7 Å². The number of amides is 1. The molecule has 0 bridgehead atoms. The standard InChI is InChI=1S/C10H13NO3S/c12-6-5-11-10(14)4-3-8(13)9-2-1-7-15-9/h1-2,7,12H,3-6H2,(H,11,14). The Balaban J connectivity index is 2.25. The number of carbonyl (C=O) groups is 2. The summed E-state index contributed by atoms with van der Waals surface area (Å²) in [4.78, 5) is 23.3. The molecule has 0 saturated heterocycles. The van der Waals surface area contributed by atoms with Gasteiger partial charge in [0.05, 0.1) is 11.5 Å². The van der Waals surface area contributed by atoms with E-state index < -0.39 is 0 Å². The van der Waals surface area contributed by atoms with E-state index >= 15 is 0 Å². The van der Waals surface area contributed by atoms with Gasteiger partial charge in [0, 0.05) is 19.4 Å². The van der Waals surface area contributed by atoms with E-state index in [1.165, 1.54) is 11.3 Å². The Hall–Kier alpha value is -1.20. The van der Waals surface area contributed by atoms with Crippen molar-refractivity contribution in [2.75, 3.05) is 13.2 Å². The topological polar surface area (TPSA) is 66.4 Å². The minimum Gasteiger partial charge on any atom is -0.395 e. The average Bonchev–Trinajstić information content (AvgIpc) is 2.76. The van der Waals surface area contributed by atoms with Crippen molar-refractivity contribution in [1.29, 1.82) is 0 Å². The first-order valence-corrected chi connectivity index (χ1v) is 5.56. The maximum atomic E-state index is 11.5. The van der Waals surface area contributed by atoms with Crippen molar-refractivity contribution in [3.63, 3.8) is 0 Å². The first-order chi connectivity index (χ1) is 7.24. The molecule has 4 nitrogen and oxygen atoms in total. The molecule has 1 heterocycles. The summed E-state index contributed by atoms with van der Waals surface area (Å²) < 4.78 is 0. The second kappa shape index (κ2) is 6.31. The number of carbonyl (C=O) groups excluding carboxylic acids is 2. The molecule has 0 aliphatic carbocycles. The second-order valence-corrected chi connectivity index (χ2v) is 3.92. The van der Waals surface area contributed by atoms with Crippen LogP contribution in [0.1, 0.15) is 22.5 Å². The van der Waals surface area contributed by atoms with Crippen LogP contribution >= 0.6 is 11.3 Å². The number of Topliss-reactive ketones (excluding diaryl/α,β-unsaturated/α-hetero) is 1. The van der Waals surface area contributed by atoms with Crippen LogP contribution in [0.3, 0.4) is 0 Å². The third-order valence-corrected chi connectivity index (χ3v) is 2.72. The molecule has 0 aliphatic rings. The molecule has 1 rings (SSSR count). The summed E-state index contributed by atoms with van der Waals surface area (Å²) in [5, 5.41) is 12.8. The molecule has 0 aromatic carbocycles. The van der Waals surface area contributed by atoms with E-state index in [0.29, 0.717) is 4.88 Å². The van der Waals surface area contributed by atoms with Crippen molar-refractivity contribution >= 4 is 23.0 Å². The maximum absolute atomic E-state index is 11.5. The van der Waals surface area contributed by atoms with Gasteiger partial charge >= 0.3 is 0 Å². The predicted octanol–water partition coefficient (Wildman–Crippen LogP) is 0.820. The van der Waals surface area contributed by atoms with Crippen molar-refractivity contribution in [2.45, 2.75) is 12.8 Å². The number of hydrogen-bond acceptors (Lipinski definition) is 4. The van der Waals surface area contributed by atoms with E-state index in [1.807, 2.05) is 11.4 Å². The van der Waals surface area contributed by atoms with Gasteiger partial charge in [-0.3, -0.25) is 9.59 Å². The zero-order valence-corrected chi connectivity index (χ0v) is 9.05. The van der Waals surface area contributed by atoms with Crippen LogP contribution in [0.25, 0.3) is 0 Å². The summed E-state index contributed by atoms with van der Waals surface area (Å²) in [5.41, 5.74) is 0. The normalized spacial score (nSPS) is 9.93. The number of aliphatic hydroxyl groups is 1. The minimum atomic E-state index is -0.200. The Morgan fingerprint density at radius 3 is 2.80 bits per heavy atom. The highest BCUT2D eigenvalue weighted by atomic mass is 32.1. The average molecular weight is 227 g/mol. The first-order valence-electron chi connectivity index (χ1n) is 4.68. The van der Waals surface area contributed by atoms with E-state index in [2.05, 4.69) is 5.32 Å². The fraction of sp³-hybridized carbons (Fsp3) is 0.400. The highest BCUT2D eigenvalue weighted by Crippen LogP contribution is 2.11. The van der Waals surface area contributed by atoms with Gasteiger partial charge in [-0.15, -0.1) is 11.3 Å². The van der Waals surface area contributed by atoms with Gasteiger partial charge in [-0.05, 0) is 11.4 Å². The third kappa shape index (κ3) is 4.22. The van der Waals surface area contributed by atoms with Gasteiger partial charge in [0.1, 0.15) is 0 Å². The summed E-state index contributed by atoms with van der Waals surface area (Å²) in [7, 11) is 0. The molecular formula is C10H13NO3S. The van der Waals surface area contributed by atoms with Crippen LogP contribution in [0.2, 0.25) is 0 Å². The molecule has 0 unspecified atom stereocenters. The van der Waals surface area contributed by atoms with E-state index in [1.54, 1.807) is 6.07 Å². The Bertz CT molecular complexity index is 321. The SMILES string of the molecule is O=C(CCC(=O)c1cccs1)NCCO. The van der Waals surface area contributed by atoms with Gasteiger partial charge in [0.15, 0.2) is 5.78 Å². The predicted molar refractivity (Wildman–Crippen MR) is 58.0 cm³/mol. The third-order valence-electron chi connectivity index (χ3n) is 1.81. The molecule has 0 atom stereocenters. The van der Waals surface area contributed by atoms with Crippen LogP contribution in [0.15, 0.2) is 17.5 Å². The Labute approximate surface area is 91.9 Å². The van der Waals surface area contributed by atoms with Crippen LogP contribution in [-0.4, -0.2) is 29.9 Å². The maximum Gasteiger partial charge on any atom is 0.220 e. The van der Waals surface area contributed by atoms with Crippen LogP contribution in [0.4, 0.5) is 0 Å². The highest BCUT2D eigenvalue weighted by Gasteiger charge is 2.09. The summed E-state index contributed by atoms with van der Waals surface area (Å²) in [6, 6.07) is 3.56. The second-order valence-electron chi connectivity index (χ2n) is 2.97. The summed E-state index contributed by atoms with van der Waals surface area (Å²) in [6.07, 6.45) is 0.397. The largest absolute Gasteiger partial charge is 0.395 e. The highest BCUT2D eigenvalue weighted by molar-refractivity contribution is 7.12. The van der Waals surface area contributed by atoms with E-state index in [4.69, 9.17) is 5.11 Å². The van der Waals surface area contributed by atoms with Crippen molar-refractivity contribution in [2.24, 2.45) is 0 Å². The molecular weight excluding hydrogens is 214 g/mol. The minimum absolute atomic E-state index is 0.0100. The molecule has 1 amide bonds. The molecule has 15 heavy (non-hydrogen) atoms. The van der Waals surface area contributed by atoms with Crippen LogP contribution in [0.5, 0.6) is 0 Å². The smallest absolute Gasteiger partial charge is 0.220 e. The number of hydrogen-bond donors (Lipinski definition) is 2. The molecule has 0 radical (unpaired) electrons. The number of nitrogens with one attached hydrogen (secondary N) is 1. The Morgan fingerprint density at radius 2 is 2.20 bits per heavy atom. The lowest BCUT2D eigenvalue weighted by atomic mass is 10.2. The molecule has 1 aromatic heterocycles. The zero-order valence-electron chi connectivity index (χ0n) is 8.23. The van der Waals surface area contributed by atoms with Gasteiger partial charge in [-0.25, -0.2) is 0 Å². The van der Waals surface area contributed by atoms with Gasteiger partial charge < -0.3 is 10.4 Å². The lowest BCUT2D eigenvalue weighted by Crippen LogP contribution is -2.26. The van der Waals surface area contributed by atoms with Gasteiger partial charge in [-0.1, -0.05) is 6.07 Å². The van der Waals surface area contributed by atoms with E-state index in [0.717, 1.165) is 0 Å². The zero-order chi connectivity index (χ0) is 11.1.